The first-order valence-electron chi connectivity index (χ1n) is 5.88. The minimum atomic E-state index is -3.60. The number of sulfonamides is 1. The van der Waals surface area contributed by atoms with Gasteiger partial charge in [0.05, 0.1) is 4.90 Å². The summed E-state index contributed by atoms with van der Waals surface area (Å²) in [5, 5.41) is 0. The maximum atomic E-state index is 12.0. The van der Waals surface area contributed by atoms with E-state index >= 15 is 0 Å². The standard InChI is InChI=1S/C13H18N2O3S/c1-4-9-14-19(17,18)12-8-6-7-11(10-12)13(16)15(3)5-2/h4,6-8,10,14H,1,5,9H2,2-3H3. The maximum absolute atomic E-state index is 12.0. The first-order valence-corrected chi connectivity index (χ1v) is 7.36. The molecule has 0 fully saturated rings. The molecular weight excluding hydrogens is 264 g/mol. The third kappa shape index (κ3) is 3.90. The molecule has 0 saturated heterocycles. The van der Waals surface area contributed by atoms with Crippen molar-refractivity contribution in [2.75, 3.05) is 20.1 Å². The fourth-order valence-corrected chi connectivity index (χ4v) is 2.46. The third-order valence-corrected chi connectivity index (χ3v) is 4.05. The summed E-state index contributed by atoms with van der Waals surface area (Å²) in [5.41, 5.74) is 0.353. The Bertz CT molecular complexity index is 567. The van der Waals surface area contributed by atoms with Crippen LogP contribution in [0.15, 0.2) is 41.8 Å². The molecule has 5 nitrogen and oxygen atoms in total. The normalized spacial score (nSPS) is 11.1. The van der Waals surface area contributed by atoms with E-state index < -0.39 is 10.0 Å². The van der Waals surface area contributed by atoms with Gasteiger partial charge in [-0.05, 0) is 25.1 Å². The van der Waals surface area contributed by atoms with Crippen LogP contribution in [0, 0.1) is 0 Å². The smallest absolute Gasteiger partial charge is 0.253 e. The zero-order chi connectivity index (χ0) is 14.5. The first-order chi connectivity index (χ1) is 8.92. The predicted molar refractivity (Wildman–Crippen MR) is 74.5 cm³/mol. The fraction of sp³-hybridized carbons (Fsp3) is 0.308. The molecule has 0 spiro atoms. The molecule has 0 saturated carbocycles. The summed E-state index contributed by atoms with van der Waals surface area (Å²) in [6.45, 7) is 6.01. The number of nitrogens with one attached hydrogen (secondary N) is 1. The van der Waals surface area contributed by atoms with E-state index in [2.05, 4.69) is 11.3 Å². The van der Waals surface area contributed by atoms with Crippen molar-refractivity contribution in [1.82, 2.24) is 9.62 Å². The van der Waals surface area contributed by atoms with Crippen molar-refractivity contribution in [2.45, 2.75) is 11.8 Å². The van der Waals surface area contributed by atoms with Crippen molar-refractivity contribution in [2.24, 2.45) is 0 Å². The molecule has 19 heavy (non-hydrogen) atoms. The van der Waals surface area contributed by atoms with Crippen LogP contribution in [0.5, 0.6) is 0 Å². The van der Waals surface area contributed by atoms with Crippen LogP contribution in [0.25, 0.3) is 0 Å². The Labute approximate surface area is 114 Å². The van der Waals surface area contributed by atoms with Gasteiger partial charge in [-0.15, -0.1) is 6.58 Å². The number of hydrogen-bond donors (Lipinski definition) is 1. The van der Waals surface area contributed by atoms with E-state index in [0.717, 1.165) is 0 Å². The molecule has 0 aliphatic carbocycles. The Balaban J connectivity index is 3.07. The maximum Gasteiger partial charge on any atom is 0.253 e. The summed E-state index contributed by atoms with van der Waals surface area (Å²) in [5.74, 6) is -0.205. The molecule has 0 aliphatic heterocycles. The highest BCUT2D eigenvalue weighted by molar-refractivity contribution is 7.89. The molecule has 1 aromatic carbocycles. The van der Waals surface area contributed by atoms with E-state index in [9.17, 15) is 13.2 Å². The Hall–Kier alpha value is -1.66. The van der Waals surface area contributed by atoms with Gasteiger partial charge in [0.25, 0.3) is 5.91 Å². The lowest BCUT2D eigenvalue weighted by atomic mass is 10.2. The molecular formula is C13H18N2O3S. The molecule has 0 atom stereocenters. The molecule has 1 N–H and O–H groups in total. The molecule has 0 bridgehead atoms. The number of rotatable bonds is 6. The Kier molecular flexibility index (Phi) is 5.26. The van der Waals surface area contributed by atoms with E-state index in [0.29, 0.717) is 12.1 Å². The Morgan fingerprint density at radius 2 is 2.16 bits per heavy atom. The highest BCUT2D eigenvalue weighted by Gasteiger charge is 2.16. The summed E-state index contributed by atoms with van der Waals surface area (Å²) in [6, 6.07) is 5.98. The molecule has 104 valence electrons. The molecule has 1 rings (SSSR count). The van der Waals surface area contributed by atoms with Crippen molar-refractivity contribution in [1.29, 1.82) is 0 Å². The van der Waals surface area contributed by atoms with Gasteiger partial charge in [-0.1, -0.05) is 12.1 Å². The summed E-state index contributed by atoms with van der Waals surface area (Å²) in [7, 11) is -1.94. The van der Waals surface area contributed by atoms with E-state index in [4.69, 9.17) is 0 Å². The zero-order valence-electron chi connectivity index (χ0n) is 11.1. The molecule has 6 heteroatoms. The fourth-order valence-electron chi connectivity index (χ4n) is 1.41. The average Bonchev–Trinajstić information content (AvgIpc) is 2.43. The van der Waals surface area contributed by atoms with E-state index in [1.54, 1.807) is 19.2 Å². The second kappa shape index (κ2) is 6.49. The van der Waals surface area contributed by atoms with E-state index in [1.165, 1.54) is 23.1 Å². The van der Waals surface area contributed by atoms with Crippen LogP contribution in [0.4, 0.5) is 0 Å². The summed E-state index contributed by atoms with van der Waals surface area (Å²) in [4.78, 5) is 13.6. The SMILES string of the molecule is C=CCNS(=O)(=O)c1cccc(C(=O)N(C)CC)c1. The van der Waals surface area contributed by atoms with E-state index in [-0.39, 0.29) is 17.3 Å². The monoisotopic (exact) mass is 282 g/mol. The van der Waals surface area contributed by atoms with Gasteiger partial charge >= 0.3 is 0 Å². The minimum absolute atomic E-state index is 0.0738. The van der Waals surface area contributed by atoms with Crippen LogP contribution in [-0.4, -0.2) is 39.4 Å². The van der Waals surface area contributed by atoms with Gasteiger partial charge in [0, 0.05) is 25.7 Å². The number of benzene rings is 1. The average molecular weight is 282 g/mol. The van der Waals surface area contributed by atoms with Crippen LogP contribution in [0.3, 0.4) is 0 Å². The highest BCUT2D eigenvalue weighted by Crippen LogP contribution is 2.12. The van der Waals surface area contributed by atoms with Crippen molar-refractivity contribution < 1.29 is 13.2 Å². The number of hydrogen-bond acceptors (Lipinski definition) is 3. The first kappa shape index (κ1) is 15.4. The lowest BCUT2D eigenvalue weighted by Gasteiger charge is -2.15. The quantitative estimate of drug-likeness (QED) is 0.798. The largest absolute Gasteiger partial charge is 0.342 e. The lowest BCUT2D eigenvalue weighted by Crippen LogP contribution is -2.27. The highest BCUT2D eigenvalue weighted by atomic mass is 32.2. The summed E-state index contributed by atoms with van der Waals surface area (Å²) in [6.07, 6.45) is 1.46. The van der Waals surface area contributed by atoms with Gasteiger partial charge in [-0.25, -0.2) is 13.1 Å². The summed E-state index contributed by atoms with van der Waals surface area (Å²) < 4.78 is 26.2. The van der Waals surface area contributed by atoms with Gasteiger partial charge in [-0.3, -0.25) is 4.79 Å². The van der Waals surface area contributed by atoms with Gasteiger partial charge in [0.2, 0.25) is 10.0 Å². The second-order valence-corrected chi connectivity index (χ2v) is 5.75. The van der Waals surface area contributed by atoms with Crippen molar-refractivity contribution in [3.05, 3.63) is 42.5 Å². The number of carbonyl (C=O) groups excluding carboxylic acids is 1. The van der Waals surface area contributed by atoms with Gasteiger partial charge in [0.15, 0.2) is 0 Å². The van der Waals surface area contributed by atoms with Crippen LogP contribution in [-0.2, 0) is 10.0 Å². The topological polar surface area (TPSA) is 66.5 Å². The molecule has 0 heterocycles. The van der Waals surface area contributed by atoms with Crippen molar-refractivity contribution in [3.8, 4) is 0 Å². The molecule has 0 unspecified atom stereocenters. The molecule has 0 aliphatic rings. The van der Waals surface area contributed by atoms with Crippen LogP contribution in [0.1, 0.15) is 17.3 Å². The van der Waals surface area contributed by atoms with Gasteiger partial charge in [-0.2, -0.15) is 0 Å². The van der Waals surface area contributed by atoms with Crippen LogP contribution in [0.2, 0.25) is 0 Å². The van der Waals surface area contributed by atoms with Crippen molar-refractivity contribution >= 4 is 15.9 Å². The second-order valence-electron chi connectivity index (χ2n) is 3.99. The molecule has 1 amide bonds. The third-order valence-electron chi connectivity index (χ3n) is 2.63. The number of amides is 1. The minimum Gasteiger partial charge on any atom is -0.342 e. The Morgan fingerprint density at radius 1 is 1.47 bits per heavy atom. The van der Waals surface area contributed by atoms with Crippen LogP contribution < -0.4 is 4.72 Å². The summed E-state index contributed by atoms with van der Waals surface area (Å²) >= 11 is 0. The van der Waals surface area contributed by atoms with Gasteiger partial charge in [0.1, 0.15) is 0 Å². The van der Waals surface area contributed by atoms with Crippen molar-refractivity contribution in [3.63, 3.8) is 0 Å². The van der Waals surface area contributed by atoms with Crippen LogP contribution >= 0.6 is 0 Å². The van der Waals surface area contributed by atoms with E-state index in [1.807, 2.05) is 6.92 Å². The Morgan fingerprint density at radius 3 is 2.74 bits per heavy atom. The zero-order valence-corrected chi connectivity index (χ0v) is 11.9. The predicted octanol–water partition coefficient (Wildman–Crippen LogP) is 1.24. The number of carbonyl (C=O) groups is 1. The van der Waals surface area contributed by atoms with Gasteiger partial charge < -0.3 is 4.90 Å². The molecule has 0 aromatic heterocycles. The lowest BCUT2D eigenvalue weighted by molar-refractivity contribution is 0.0802. The molecule has 0 radical (unpaired) electrons. The number of nitrogens with zero attached hydrogens (tertiary/aromatic N) is 1. The molecule has 1 aromatic rings.